The Morgan fingerprint density at radius 3 is 3.20 bits per heavy atom. The molecular weight excluding hydrogens is 208 g/mol. The number of amides is 1. The van der Waals surface area contributed by atoms with E-state index in [4.69, 9.17) is 0 Å². The number of rotatable bonds is 2. The molecule has 2 rings (SSSR count). The minimum atomic E-state index is 0.0648. The van der Waals surface area contributed by atoms with E-state index in [1.807, 2.05) is 23.4 Å². The van der Waals surface area contributed by atoms with E-state index < -0.39 is 0 Å². The zero-order chi connectivity index (χ0) is 10.7. The molecular formula is C11H14N2OS. The van der Waals surface area contributed by atoms with Crippen LogP contribution in [0.25, 0.3) is 0 Å². The highest BCUT2D eigenvalue weighted by molar-refractivity contribution is 7.97. The summed E-state index contributed by atoms with van der Waals surface area (Å²) < 4.78 is 1.82. The molecule has 0 radical (unpaired) electrons. The molecule has 1 saturated heterocycles. The summed E-state index contributed by atoms with van der Waals surface area (Å²) in [4.78, 5) is 16.3. The third-order valence-corrected chi connectivity index (χ3v) is 3.59. The Labute approximate surface area is 94.0 Å². The summed E-state index contributed by atoms with van der Waals surface area (Å²) in [7, 11) is 0. The zero-order valence-electron chi connectivity index (χ0n) is 8.77. The number of carbonyl (C=O) groups excluding carboxylic acids is 1. The van der Waals surface area contributed by atoms with Crippen LogP contribution in [0.3, 0.4) is 0 Å². The van der Waals surface area contributed by atoms with Gasteiger partial charge in [-0.15, -0.1) is 0 Å². The first-order valence-electron chi connectivity index (χ1n) is 5.21. The normalized spacial score (nSPS) is 15.7. The number of nitrogens with zero attached hydrogens (tertiary/aromatic N) is 2. The molecule has 0 atom stereocenters. The lowest BCUT2D eigenvalue weighted by atomic mass is 10.1. The van der Waals surface area contributed by atoms with Crippen molar-refractivity contribution in [2.75, 3.05) is 12.3 Å². The van der Waals surface area contributed by atoms with Gasteiger partial charge in [0, 0.05) is 18.5 Å². The van der Waals surface area contributed by atoms with Crippen LogP contribution in [0.4, 0.5) is 0 Å². The fraction of sp³-hybridized carbons (Fsp3) is 0.455. The topological polar surface area (TPSA) is 33.2 Å². The summed E-state index contributed by atoms with van der Waals surface area (Å²) in [6.07, 6.45) is 3.63. The molecule has 4 heteroatoms. The van der Waals surface area contributed by atoms with Gasteiger partial charge in [-0.25, -0.2) is 0 Å². The summed E-state index contributed by atoms with van der Waals surface area (Å²) in [5, 5.41) is 0. The molecule has 0 bridgehead atoms. The number of hydrogen-bond acceptors (Lipinski definition) is 3. The highest BCUT2D eigenvalue weighted by Gasteiger charge is 2.23. The van der Waals surface area contributed by atoms with Crippen LogP contribution < -0.4 is 0 Å². The summed E-state index contributed by atoms with van der Waals surface area (Å²) >= 11 is 1.61. The van der Waals surface area contributed by atoms with E-state index in [0.29, 0.717) is 5.69 Å². The van der Waals surface area contributed by atoms with Gasteiger partial charge in [0.05, 0.1) is 0 Å². The summed E-state index contributed by atoms with van der Waals surface area (Å²) in [6.45, 7) is 2.90. The molecule has 1 aliphatic heterocycles. The fourth-order valence-corrected chi connectivity index (χ4v) is 2.58. The Balaban J connectivity index is 2.24. The van der Waals surface area contributed by atoms with E-state index in [9.17, 15) is 4.79 Å². The van der Waals surface area contributed by atoms with E-state index in [2.05, 4.69) is 4.98 Å². The Bertz CT molecular complexity index is 361. The van der Waals surface area contributed by atoms with Gasteiger partial charge < -0.3 is 0 Å². The molecule has 0 aromatic carbocycles. The monoisotopic (exact) mass is 222 g/mol. The molecule has 80 valence electrons. The lowest BCUT2D eigenvalue weighted by molar-refractivity contribution is 0.0871. The van der Waals surface area contributed by atoms with Gasteiger partial charge in [-0.3, -0.25) is 14.1 Å². The van der Waals surface area contributed by atoms with Crippen LogP contribution >= 0.6 is 11.9 Å². The van der Waals surface area contributed by atoms with Crippen LogP contribution in [-0.2, 0) is 6.42 Å². The molecule has 1 amide bonds. The van der Waals surface area contributed by atoms with Crippen molar-refractivity contribution in [1.82, 2.24) is 9.29 Å². The Kier molecular flexibility index (Phi) is 3.26. The quantitative estimate of drug-likeness (QED) is 0.719. The van der Waals surface area contributed by atoms with Crippen molar-refractivity contribution >= 4 is 17.9 Å². The van der Waals surface area contributed by atoms with Gasteiger partial charge in [0.1, 0.15) is 5.69 Å². The molecule has 0 aliphatic carbocycles. The Hall–Kier alpha value is -1.03. The van der Waals surface area contributed by atoms with Crippen molar-refractivity contribution in [3.8, 4) is 0 Å². The summed E-state index contributed by atoms with van der Waals surface area (Å²) in [5.74, 6) is 1.11. The molecule has 0 N–H and O–H groups in total. The van der Waals surface area contributed by atoms with Gasteiger partial charge in [0.15, 0.2) is 0 Å². The van der Waals surface area contributed by atoms with Gasteiger partial charge in [-0.2, -0.15) is 0 Å². The molecule has 1 aliphatic rings. The predicted molar refractivity (Wildman–Crippen MR) is 61.7 cm³/mol. The lowest BCUT2D eigenvalue weighted by Crippen LogP contribution is -2.23. The molecule has 15 heavy (non-hydrogen) atoms. The standard InChI is InChI=1S/C11H14N2OS/c1-2-9-5-3-6-12-10(9)11(14)13-7-4-8-15-13/h3,5-6H,2,4,7-8H2,1H3. The smallest absolute Gasteiger partial charge is 0.281 e. The molecule has 3 nitrogen and oxygen atoms in total. The van der Waals surface area contributed by atoms with E-state index in [1.165, 1.54) is 0 Å². The largest absolute Gasteiger partial charge is 0.282 e. The second-order valence-corrected chi connectivity index (χ2v) is 4.57. The maximum Gasteiger partial charge on any atom is 0.282 e. The average Bonchev–Trinajstić information content (AvgIpc) is 2.81. The minimum absolute atomic E-state index is 0.0648. The van der Waals surface area contributed by atoms with Gasteiger partial charge in [0.25, 0.3) is 5.91 Å². The second-order valence-electron chi connectivity index (χ2n) is 3.46. The highest BCUT2D eigenvalue weighted by atomic mass is 32.2. The zero-order valence-corrected chi connectivity index (χ0v) is 9.59. The molecule has 1 aromatic rings. The first-order valence-corrected chi connectivity index (χ1v) is 6.16. The lowest BCUT2D eigenvalue weighted by Gasteiger charge is -2.14. The van der Waals surface area contributed by atoms with Crippen molar-refractivity contribution in [1.29, 1.82) is 0 Å². The van der Waals surface area contributed by atoms with Crippen LogP contribution in [0.2, 0.25) is 0 Å². The third kappa shape index (κ3) is 2.15. The summed E-state index contributed by atoms with van der Waals surface area (Å²) in [5.41, 5.74) is 1.66. The van der Waals surface area contributed by atoms with Crippen molar-refractivity contribution in [3.63, 3.8) is 0 Å². The Morgan fingerprint density at radius 1 is 1.67 bits per heavy atom. The van der Waals surface area contributed by atoms with Gasteiger partial charge >= 0.3 is 0 Å². The maximum atomic E-state index is 12.1. The molecule has 1 fully saturated rings. The predicted octanol–water partition coefficient (Wildman–Crippen LogP) is 2.14. The number of aromatic nitrogens is 1. The molecule has 0 spiro atoms. The molecule has 0 saturated carbocycles. The van der Waals surface area contributed by atoms with Gasteiger partial charge in [-0.1, -0.05) is 13.0 Å². The molecule has 0 unspecified atom stereocenters. The van der Waals surface area contributed by atoms with Crippen molar-refractivity contribution in [2.24, 2.45) is 0 Å². The van der Waals surface area contributed by atoms with E-state index in [0.717, 1.165) is 30.7 Å². The second kappa shape index (κ2) is 4.66. The number of aryl methyl sites for hydroxylation is 1. The van der Waals surface area contributed by atoms with Crippen molar-refractivity contribution < 1.29 is 4.79 Å². The van der Waals surface area contributed by atoms with Crippen molar-refractivity contribution in [3.05, 3.63) is 29.6 Å². The van der Waals surface area contributed by atoms with Gasteiger partial charge in [-0.05, 0) is 36.4 Å². The highest BCUT2D eigenvalue weighted by Crippen LogP contribution is 2.23. The minimum Gasteiger partial charge on any atom is -0.281 e. The average molecular weight is 222 g/mol. The number of pyridine rings is 1. The van der Waals surface area contributed by atoms with Crippen LogP contribution in [0.5, 0.6) is 0 Å². The molecule has 1 aromatic heterocycles. The van der Waals surface area contributed by atoms with E-state index in [1.54, 1.807) is 18.1 Å². The maximum absolute atomic E-state index is 12.1. The SMILES string of the molecule is CCc1cccnc1C(=O)N1CCCS1. The Morgan fingerprint density at radius 2 is 2.53 bits per heavy atom. The molecule has 2 heterocycles. The first kappa shape index (κ1) is 10.5. The van der Waals surface area contributed by atoms with Crippen LogP contribution in [0, 0.1) is 0 Å². The number of hydrogen-bond donors (Lipinski definition) is 0. The first-order chi connectivity index (χ1) is 7.33. The summed E-state index contributed by atoms with van der Waals surface area (Å²) in [6, 6.07) is 3.85. The van der Waals surface area contributed by atoms with Gasteiger partial charge in [0.2, 0.25) is 0 Å². The number of carbonyl (C=O) groups is 1. The van der Waals surface area contributed by atoms with Crippen molar-refractivity contribution in [2.45, 2.75) is 19.8 Å². The van der Waals surface area contributed by atoms with Crippen LogP contribution in [0.15, 0.2) is 18.3 Å². The van der Waals surface area contributed by atoms with Crippen LogP contribution in [-0.4, -0.2) is 27.5 Å². The van der Waals surface area contributed by atoms with E-state index in [-0.39, 0.29) is 5.91 Å². The fourth-order valence-electron chi connectivity index (χ4n) is 1.64. The van der Waals surface area contributed by atoms with Crippen LogP contribution in [0.1, 0.15) is 29.4 Å². The third-order valence-electron chi connectivity index (χ3n) is 2.45. The van der Waals surface area contributed by atoms with E-state index >= 15 is 0 Å².